The van der Waals surface area contributed by atoms with E-state index in [1.54, 1.807) is 6.92 Å². The highest BCUT2D eigenvalue weighted by Crippen LogP contribution is 1.74. The lowest BCUT2D eigenvalue weighted by molar-refractivity contribution is -0.137. The predicted molar refractivity (Wildman–Crippen MR) is 55.1 cm³/mol. The summed E-state index contributed by atoms with van der Waals surface area (Å²) in [7, 11) is 3.75. The molecular weight excluding hydrogens is 186 g/mol. The summed E-state index contributed by atoms with van der Waals surface area (Å²) in [6.45, 7) is 6.46. The van der Waals surface area contributed by atoms with E-state index in [0.29, 0.717) is 6.61 Å². The maximum Gasteiger partial charge on any atom is 0.330 e. The molecule has 0 aliphatic carbocycles. The first kappa shape index (κ1) is 18.4. The van der Waals surface area contributed by atoms with Crippen LogP contribution in [0.5, 0.6) is 0 Å². The minimum absolute atomic E-state index is 0.359. The van der Waals surface area contributed by atoms with Gasteiger partial charge in [0.25, 0.3) is 5.97 Å². The van der Waals surface area contributed by atoms with Crippen molar-refractivity contribution in [2.45, 2.75) is 13.8 Å². The summed E-state index contributed by atoms with van der Waals surface area (Å²) in [6, 6.07) is 0. The van der Waals surface area contributed by atoms with Crippen LogP contribution in [0.25, 0.3) is 0 Å². The van der Waals surface area contributed by atoms with Crippen molar-refractivity contribution < 1.29 is 19.4 Å². The molecule has 0 spiro atoms. The molecule has 0 saturated heterocycles. The quantitative estimate of drug-likeness (QED) is 0.511. The molecule has 0 saturated carbocycles. The molecule has 0 amide bonds. The fourth-order valence-electron chi connectivity index (χ4n) is 0.201. The molecule has 0 bridgehead atoms. The van der Waals surface area contributed by atoms with Crippen molar-refractivity contribution in [2.75, 3.05) is 20.7 Å². The van der Waals surface area contributed by atoms with Crippen LogP contribution in [-0.4, -0.2) is 37.7 Å². The molecule has 5 nitrogen and oxygen atoms in total. The summed E-state index contributed by atoms with van der Waals surface area (Å²) in [5, 5.41) is 10.2. The number of carbonyl (C=O) groups is 2. The van der Waals surface area contributed by atoms with Gasteiger partial charge in [-0.2, -0.15) is 0 Å². The number of aliphatic carboxylic acids is 1. The number of rotatable bonds is 2. The third kappa shape index (κ3) is 74.6. The first-order chi connectivity index (χ1) is 6.45. The van der Waals surface area contributed by atoms with Crippen LogP contribution >= 0.6 is 0 Å². The van der Waals surface area contributed by atoms with Crippen LogP contribution in [0.2, 0.25) is 0 Å². The Balaban J connectivity index is -0.000000147. The zero-order valence-electron chi connectivity index (χ0n) is 9.16. The average Bonchev–Trinajstić information content (AvgIpc) is 2.05. The average molecular weight is 205 g/mol. The van der Waals surface area contributed by atoms with Gasteiger partial charge < -0.3 is 15.2 Å². The van der Waals surface area contributed by atoms with E-state index in [1.807, 2.05) is 14.1 Å². The van der Waals surface area contributed by atoms with Crippen LogP contribution in [0.15, 0.2) is 12.7 Å². The fourth-order valence-corrected chi connectivity index (χ4v) is 0.201. The van der Waals surface area contributed by atoms with Crippen molar-refractivity contribution in [1.29, 1.82) is 0 Å². The van der Waals surface area contributed by atoms with Gasteiger partial charge in [0, 0.05) is 13.0 Å². The number of esters is 1. The summed E-state index contributed by atoms with van der Waals surface area (Å²) in [6.07, 6.45) is 1.14. The number of ether oxygens (including phenoxy) is 1. The lowest BCUT2D eigenvalue weighted by Crippen LogP contribution is -1.97. The second kappa shape index (κ2) is 17.7. The second-order valence-electron chi connectivity index (χ2n) is 1.98. The molecule has 0 aromatic rings. The highest BCUT2D eigenvalue weighted by molar-refractivity contribution is 5.81. The van der Waals surface area contributed by atoms with Crippen molar-refractivity contribution in [3.05, 3.63) is 12.7 Å². The van der Waals surface area contributed by atoms with Crippen molar-refractivity contribution in [3.63, 3.8) is 0 Å². The molecule has 0 radical (unpaired) electrons. The Hall–Kier alpha value is -1.36. The van der Waals surface area contributed by atoms with E-state index < -0.39 is 5.97 Å². The number of carbonyl (C=O) groups excluding carboxylic acids is 1. The van der Waals surface area contributed by atoms with Gasteiger partial charge in [-0.3, -0.25) is 4.79 Å². The van der Waals surface area contributed by atoms with Gasteiger partial charge in [-0.15, -0.1) is 0 Å². The van der Waals surface area contributed by atoms with Crippen molar-refractivity contribution >= 4 is 11.9 Å². The second-order valence-corrected chi connectivity index (χ2v) is 1.98. The standard InChI is InChI=1S/C5H8O2.C2H7N.C2H4O2/c1-3-5(6)7-4-2;1-3-2;1-2(3)4/h3H,1,4H2,2H3;3H,1-2H3;1H3,(H,3,4). The van der Waals surface area contributed by atoms with Gasteiger partial charge >= 0.3 is 5.97 Å². The molecule has 0 aliphatic rings. The molecule has 0 atom stereocenters. The van der Waals surface area contributed by atoms with E-state index in [-0.39, 0.29) is 5.97 Å². The highest BCUT2D eigenvalue weighted by atomic mass is 16.5. The van der Waals surface area contributed by atoms with Crippen LogP contribution in [0.4, 0.5) is 0 Å². The Morgan fingerprint density at radius 1 is 1.50 bits per heavy atom. The fraction of sp³-hybridized carbons (Fsp3) is 0.556. The molecule has 5 heteroatoms. The van der Waals surface area contributed by atoms with E-state index in [4.69, 9.17) is 9.90 Å². The van der Waals surface area contributed by atoms with Crippen molar-refractivity contribution in [2.24, 2.45) is 0 Å². The normalized spacial score (nSPS) is 6.86. The van der Waals surface area contributed by atoms with Crippen LogP contribution in [-0.2, 0) is 14.3 Å². The van der Waals surface area contributed by atoms with Gasteiger partial charge in [-0.1, -0.05) is 6.58 Å². The molecule has 14 heavy (non-hydrogen) atoms. The maximum atomic E-state index is 10.1. The first-order valence-electron chi connectivity index (χ1n) is 4.03. The van der Waals surface area contributed by atoms with Gasteiger partial charge in [0.2, 0.25) is 0 Å². The number of hydrogen-bond acceptors (Lipinski definition) is 4. The van der Waals surface area contributed by atoms with E-state index in [1.165, 1.54) is 0 Å². The summed E-state index contributed by atoms with van der Waals surface area (Å²) >= 11 is 0. The van der Waals surface area contributed by atoms with Crippen LogP contribution in [0.1, 0.15) is 13.8 Å². The Kier molecular flexibility index (Phi) is 23.2. The largest absolute Gasteiger partial charge is 0.481 e. The molecule has 0 fully saturated rings. The van der Waals surface area contributed by atoms with E-state index in [9.17, 15) is 4.79 Å². The SMILES string of the molecule is C=CC(=O)OCC.CC(=O)O.CNC. The summed E-state index contributed by atoms with van der Waals surface area (Å²) in [4.78, 5) is 19.1. The van der Waals surface area contributed by atoms with Gasteiger partial charge in [0.05, 0.1) is 6.61 Å². The zero-order valence-corrected chi connectivity index (χ0v) is 9.16. The maximum absolute atomic E-state index is 10.1. The summed E-state index contributed by atoms with van der Waals surface area (Å²) < 4.78 is 4.43. The predicted octanol–water partition coefficient (Wildman–Crippen LogP) is 0.662. The Labute approximate surface area is 84.8 Å². The molecule has 0 heterocycles. The number of nitrogens with one attached hydrogen (secondary N) is 1. The lowest BCUT2D eigenvalue weighted by Gasteiger charge is -1.90. The van der Waals surface area contributed by atoms with E-state index in [0.717, 1.165) is 13.0 Å². The monoisotopic (exact) mass is 205 g/mol. The topological polar surface area (TPSA) is 75.6 Å². The summed E-state index contributed by atoms with van der Waals surface area (Å²) in [5.41, 5.74) is 0. The van der Waals surface area contributed by atoms with Crippen molar-refractivity contribution in [1.82, 2.24) is 5.32 Å². The Morgan fingerprint density at radius 3 is 1.86 bits per heavy atom. The first-order valence-corrected chi connectivity index (χ1v) is 4.03. The Bertz CT molecular complexity index is 153. The minimum atomic E-state index is -0.833. The van der Waals surface area contributed by atoms with Crippen LogP contribution in [0.3, 0.4) is 0 Å². The van der Waals surface area contributed by atoms with Crippen LogP contribution in [0, 0.1) is 0 Å². The molecule has 0 aliphatic heterocycles. The van der Waals surface area contributed by atoms with E-state index in [2.05, 4.69) is 16.6 Å². The summed E-state index contributed by atoms with van der Waals surface area (Å²) in [5.74, 6) is -1.19. The lowest BCUT2D eigenvalue weighted by atomic mass is 10.6. The minimum Gasteiger partial charge on any atom is -0.481 e. The number of hydrogen-bond donors (Lipinski definition) is 2. The number of carboxylic acid groups (broad SMARTS) is 1. The highest BCUT2D eigenvalue weighted by Gasteiger charge is 1.86. The zero-order chi connectivity index (χ0) is 12.0. The molecule has 0 aromatic heterocycles. The third-order valence-electron chi connectivity index (χ3n) is 0.453. The van der Waals surface area contributed by atoms with E-state index >= 15 is 0 Å². The van der Waals surface area contributed by atoms with Gasteiger partial charge in [0.1, 0.15) is 0 Å². The van der Waals surface area contributed by atoms with Crippen LogP contribution < -0.4 is 5.32 Å². The van der Waals surface area contributed by atoms with Crippen molar-refractivity contribution in [3.8, 4) is 0 Å². The molecule has 0 rings (SSSR count). The van der Waals surface area contributed by atoms with Gasteiger partial charge in [-0.05, 0) is 21.0 Å². The smallest absolute Gasteiger partial charge is 0.330 e. The Morgan fingerprint density at radius 2 is 1.79 bits per heavy atom. The molecule has 0 aromatic carbocycles. The molecular formula is C9H19NO4. The number of carboxylic acids is 1. The van der Waals surface area contributed by atoms with Gasteiger partial charge in [-0.25, -0.2) is 4.79 Å². The molecule has 84 valence electrons. The molecule has 0 unspecified atom stereocenters. The third-order valence-corrected chi connectivity index (χ3v) is 0.453. The molecule has 2 N–H and O–H groups in total. The van der Waals surface area contributed by atoms with Gasteiger partial charge in [0.15, 0.2) is 0 Å².